The molecule has 0 spiro atoms. The quantitative estimate of drug-likeness (QED) is 0.0169. The fraction of sp³-hybridized carbons (Fsp3) is 0.772. The number of carbonyl (C=O) groups excluding carboxylic acids is 4. The molecule has 0 aliphatic rings. The molecule has 17 nitrogen and oxygen atoms in total. The van der Waals surface area contributed by atoms with Crippen LogP contribution in [0.2, 0.25) is 0 Å². The number of aliphatic hydroxyl groups is 1. The van der Waals surface area contributed by atoms with Gasteiger partial charge in [-0.1, -0.05) is 280 Å². The molecule has 0 amide bonds. The SMILES string of the molecule is CCCCC/C=C\C/C=C\C/C=C\C/C=C\C/C=C\CCC(=O)O[C@H](COC(=O)CCCCCCCCCCCCCCC)COP(=O)(O)OC[C@H](O)COP(=O)(O)OC[C@@H](COC(=O)CCCCCCC/C=C\CCCCCC)OC(=O)CCCCCCC/C=C\CCCCCC. The van der Waals surface area contributed by atoms with Gasteiger partial charge >= 0.3 is 39.5 Å². The fourth-order valence-corrected chi connectivity index (χ4v) is 11.9. The number of phosphoric acid groups is 2. The predicted octanol–water partition coefficient (Wildman–Crippen LogP) is 22.2. The monoisotopic (exact) mass is 1420 g/mol. The predicted molar refractivity (Wildman–Crippen MR) is 399 cm³/mol. The first-order valence-electron chi connectivity index (χ1n) is 38.8. The van der Waals surface area contributed by atoms with Crippen molar-refractivity contribution in [1.29, 1.82) is 0 Å². The summed E-state index contributed by atoms with van der Waals surface area (Å²) >= 11 is 0. The molecule has 0 aromatic carbocycles. The molecule has 0 fully saturated rings. The second-order valence-corrected chi connectivity index (χ2v) is 28.9. The van der Waals surface area contributed by atoms with E-state index in [2.05, 4.69) is 94.5 Å². The molecule has 19 heteroatoms. The van der Waals surface area contributed by atoms with Gasteiger partial charge in [0, 0.05) is 25.7 Å². The maximum Gasteiger partial charge on any atom is 0.472 e. The van der Waals surface area contributed by atoms with Crippen LogP contribution in [0, 0.1) is 0 Å². The molecule has 568 valence electrons. The Kier molecular flexibility index (Phi) is 68.9. The van der Waals surface area contributed by atoms with Crippen LogP contribution < -0.4 is 0 Å². The highest BCUT2D eigenvalue weighted by Crippen LogP contribution is 2.45. The number of phosphoric ester groups is 2. The topological polar surface area (TPSA) is 237 Å². The Morgan fingerprint density at radius 3 is 0.867 bits per heavy atom. The third kappa shape index (κ3) is 70.7. The number of hydrogen-bond acceptors (Lipinski definition) is 15. The molecule has 2 unspecified atom stereocenters. The summed E-state index contributed by atoms with van der Waals surface area (Å²) in [4.78, 5) is 72.8. The van der Waals surface area contributed by atoms with Gasteiger partial charge in [0.15, 0.2) is 12.2 Å². The average molecular weight is 1420 g/mol. The molecule has 5 atom stereocenters. The highest BCUT2D eigenvalue weighted by Gasteiger charge is 2.30. The lowest BCUT2D eigenvalue weighted by molar-refractivity contribution is -0.161. The lowest BCUT2D eigenvalue weighted by Crippen LogP contribution is -2.30. The molecule has 0 saturated carbocycles. The molecule has 0 saturated heterocycles. The molecule has 0 radical (unpaired) electrons. The highest BCUT2D eigenvalue weighted by molar-refractivity contribution is 7.47. The van der Waals surface area contributed by atoms with Crippen molar-refractivity contribution >= 4 is 39.5 Å². The number of ether oxygens (including phenoxy) is 4. The van der Waals surface area contributed by atoms with Crippen molar-refractivity contribution in [2.45, 2.75) is 354 Å². The lowest BCUT2D eigenvalue weighted by atomic mass is 10.0. The van der Waals surface area contributed by atoms with E-state index < -0.39 is 97.5 Å². The second-order valence-electron chi connectivity index (χ2n) is 25.9. The van der Waals surface area contributed by atoms with Gasteiger partial charge in [-0.25, -0.2) is 9.13 Å². The van der Waals surface area contributed by atoms with E-state index in [1.165, 1.54) is 128 Å². The van der Waals surface area contributed by atoms with E-state index in [-0.39, 0.29) is 25.7 Å². The van der Waals surface area contributed by atoms with Crippen molar-refractivity contribution in [2.75, 3.05) is 39.6 Å². The van der Waals surface area contributed by atoms with Gasteiger partial charge in [-0.15, -0.1) is 0 Å². The van der Waals surface area contributed by atoms with Crippen molar-refractivity contribution in [3.8, 4) is 0 Å². The van der Waals surface area contributed by atoms with Crippen LogP contribution in [0.25, 0.3) is 0 Å². The minimum atomic E-state index is -4.99. The van der Waals surface area contributed by atoms with E-state index in [0.717, 1.165) is 122 Å². The smallest absolute Gasteiger partial charge is 0.462 e. The van der Waals surface area contributed by atoms with Crippen molar-refractivity contribution in [3.63, 3.8) is 0 Å². The Morgan fingerprint density at radius 1 is 0.286 bits per heavy atom. The zero-order valence-corrected chi connectivity index (χ0v) is 63.7. The largest absolute Gasteiger partial charge is 0.472 e. The van der Waals surface area contributed by atoms with Gasteiger partial charge in [-0.2, -0.15) is 0 Å². The summed E-state index contributed by atoms with van der Waals surface area (Å²) in [5.41, 5.74) is 0. The zero-order valence-electron chi connectivity index (χ0n) is 62.0. The lowest BCUT2D eigenvalue weighted by Gasteiger charge is -2.21. The third-order valence-electron chi connectivity index (χ3n) is 16.3. The third-order valence-corrected chi connectivity index (χ3v) is 18.2. The Balaban J connectivity index is 5.40. The molecule has 0 aliphatic carbocycles. The molecule has 0 aromatic rings. The number of rotatable bonds is 73. The number of unbranched alkanes of at least 4 members (excludes halogenated alkanes) is 33. The Morgan fingerprint density at radius 2 is 0.520 bits per heavy atom. The van der Waals surface area contributed by atoms with Crippen LogP contribution in [-0.4, -0.2) is 96.7 Å². The Hall–Kier alpha value is -3.76. The Labute approximate surface area is 595 Å². The van der Waals surface area contributed by atoms with Gasteiger partial charge in [0.1, 0.15) is 19.3 Å². The number of esters is 4. The van der Waals surface area contributed by atoms with Crippen molar-refractivity contribution in [1.82, 2.24) is 0 Å². The van der Waals surface area contributed by atoms with Crippen LogP contribution in [0.4, 0.5) is 0 Å². The molecular formula is C79H140O17P2. The number of aliphatic hydroxyl groups excluding tert-OH is 1. The standard InChI is InChI=1S/C79H140O17P2/c1-5-9-13-17-21-25-29-33-34-35-36-37-38-42-46-50-54-58-62-66-79(84)96-75(70-90-77(82)64-60-56-52-48-44-40-31-27-23-19-15-11-7-3)72-94-98(87,88)92-68-73(80)67-91-97(85,86)93-71-74(95-78(83)65-61-57-53-49-45-41-32-28-24-20-16-12-8-4)69-89-76(81)63-59-55-51-47-43-39-30-26-22-18-14-10-6-2/h21,25-26,28,30,32-34,36-37,42,46,54,58,73-75,80H,5-20,22-24,27,29,31,35,38-41,43-45,47-53,55-57,59-72H2,1-4H3,(H,85,86)(H,87,88)/b25-21-,30-26-,32-28-,34-33-,37-36-,46-42-,58-54-/t73-,74-,75-/m1/s1. The van der Waals surface area contributed by atoms with Crippen LogP contribution in [0.15, 0.2) is 85.1 Å². The first-order valence-corrected chi connectivity index (χ1v) is 41.8. The van der Waals surface area contributed by atoms with E-state index in [0.29, 0.717) is 32.1 Å². The van der Waals surface area contributed by atoms with Crippen LogP contribution in [0.1, 0.15) is 336 Å². The summed E-state index contributed by atoms with van der Waals surface area (Å²) in [6, 6.07) is 0. The van der Waals surface area contributed by atoms with Gasteiger partial charge in [0.25, 0.3) is 0 Å². The van der Waals surface area contributed by atoms with E-state index in [9.17, 15) is 43.2 Å². The maximum atomic E-state index is 13.1. The van der Waals surface area contributed by atoms with Gasteiger partial charge in [-0.3, -0.25) is 37.3 Å². The average Bonchev–Trinajstić information content (AvgIpc) is 0.982. The van der Waals surface area contributed by atoms with Crippen molar-refractivity contribution in [3.05, 3.63) is 85.1 Å². The molecule has 3 N–H and O–H groups in total. The molecule has 0 aromatic heterocycles. The van der Waals surface area contributed by atoms with Crippen LogP contribution in [0.5, 0.6) is 0 Å². The fourth-order valence-electron chi connectivity index (χ4n) is 10.4. The molecule has 0 bridgehead atoms. The van der Waals surface area contributed by atoms with E-state index >= 15 is 0 Å². The summed E-state index contributed by atoms with van der Waals surface area (Å²) in [5, 5.41) is 10.6. The summed E-state index contributed by atoms with van der Waals surface area (Å²) < 4.78 is 68.4. The van der Waals surface area contributed by atoms with Crippen LogP contribution >= 0.6 is 15.6 Å². The summed E-state index contributed by atoms with van der Waals surface area (Å²) in [6.45, 7) is 4.74. The molecule has 0 aliphatic heterocycles. The van der Waals surface area contributed by atoms with Crippen LogP contribution in [0.3, 0.4) is 0 Å². The summed E-state index contributed by atoms with van der Waals surface area (Å²) in [5.74, 6) is -2.27. The number of allylic oxidation sites excluding steroid dienone is 14. The summed E-state index contributed by atoms with van der Waals surface area (Å²) in [7, 11) is -9.97. The normalized spacial score (nSPS) is 14.4. The first kappa shape index (κ1) is 94.2. The number of hydrogen-bond donors (Lipinski definition) is 3. The molecule has 98 heavy (non-hydrogen) atoms. The van der Waals surface area contributed by atoms with E-state index in [4.69, 9.17) is 37.0 Å². The maximum absolute atomic E-state index is 13.1. The van der Waals surface area contributed by atoms with Gasteiger partial charge in [0.2, 0.25) is 0 Å². The second kappa shape index (κ2) is 71.6. The van der Waals surface area contributed by atoms with Crippen molar-refractivity contribution < 1.29 is 80.2 Å². The molecular weight excluding hydrogens is 1280 g/mol. The summed E-state index contributed by atoms with van der Waals surface area (Å²) in [6.07, 6.45) is 73.0. The van der Waals surface area contributed by atoms with Crippen molar-refractivity contribution in [2.24, 2.45) is 0 Å². The first-order chi connectivity index (χ1) is 47.7. The minimum absolute atomic E-state index is 0.0258. The van der Waals surface area contributed by atoms with Gasteiger partial charge < -0.3 is 33.8 Å². The highest BCUT2D eigenvalue weighted by atomic mass is 31.2. The zero-order chi connectivity index (χ0) is 71.8. The Bertz CT molecular complexity index is 2190. The van der Waals surface area contributed by atoms with Gasteiger partial charge in [-0.05, 0) is 116 Å². The molecule has 0 rings (SSSR count). The van der Waals surface area contributed by atoms with Gasteiger partial charge in [0.05, 0.1) is 26.4 Å². The minimum Gasteiger partial charge on any atom is -0.462 e. The van der Waals surface area contributed by atoms with E-state index in [1.807, 2.05) is 18.2 Å². The molecule has 0 heterocycles. The number of carbonyl (C=O) groups is 4. The van der Waals surface area contributed by atoms with E-state index in [1.54, 1.807) is 0 Å². The van der Waals surface area contributed by atoms with Crippen LogP contribution in [-0.2, 0) is 65.4 Å².